The molecule has 170 valence electrons. The van der Waals surface area contributed by atoms with Gasteiger partial charge in [0.15, 0.2) is 0 Å². The number of aliphatic hydroxyl groups excluding tert-OH is 1. The van der Waals surface area contributed by atoms with Gasteiger partial charge in [-0.25, -0.2) is 0 Å². The zero-order chi connectivity index (χ0) is 23.3. The molecule has 1 amide bonds. The molecule has 0 radical (unpaired) electrons. The minimum absolute atomic E-state index is 0.0242. The number of aliphatic hydroxyl groups is 1. The van der Waals surface area contributed by atoms with E-state index in [0.29, 0.717) is 30.0 Å². The van der Waals surface area contributed by atoms with Gasteiger partial charge < -0.3 is 19.6 Å². The fraction of sp³-hybridized carbons (Fsp3) is 0.400. The second-order valence-corrected chi connectivity index (χ2v) is 8.00. The van der Waals surface area contributed by atoms with Crippen molar-refractivity contribution in [2.24, 2.45) is 0 Å². The second-order valence-electron chi connectivity index (χ2n) is 8.00. The van der Waals surface area contributed by atoms with Crippen LogP contribution < -0.4 is 4.74 Å². The minimum atomic E-state index is -0.689. The van der Waals surface area contributed by atoms with Gasteiger partial charge in [0, 0.05) is 31.0 Å². The first-order valence-electron chi connectivity index (χ1n) is 11.0. The molecule has 1 fully saturated rings. The molecule has 1 aromatic carbocycles. The Bertz CT molecular complexity index is 966. The number of nitrogens with zero attached hydrogens (tertiary/aromatic N) is 3. The molecular formula is C25H31N3O4. The van der Waals surface area contributed by atoms with Crippen LogP contribution in [0.4, 0.5) is 0 Å². The second kappa shape index (κ2) is 10.4. The predicted octanol–water partition coefficient (Wildman–Crippen LogP) is 3.63. The van der Waals surface area contributed by atoms with Crippen molar-refractivity contribution < 1.29 is 19.4 Å². The zero-order valence-corrected chi connectivity index (χ0v) is 19.1. The number of hydrogen-bond acceptors (Lipinski definition) is 6. The number of likely N-dealkylation sites (tertiary alicyclic amines) is 1. The Morgan fingerprint density at radius 1 is 1.16 bits per heavy atom. The number of carbonyl (C=O) groups excluding carboxylic acids is 2. The maximum absolute atomic E-state index is 13.0. The molecule has 3 rings (SSSR count). The summed E-state index contributed by atoms with van der Waals surface area (Å²) in [6, 6.07) is 9.76. The molecule has 0 saturated carbocycles. The molecule has 32 heavy (non-hydrogen) atoms. The fourth-order valence-electron chi connectivity index (χ4n) is 3.90. The summed E-state index contributed by atoms with van der Waals surface area (Å²) in [5, 5.41) is 11.1. The molecule has 7 heteroatoms. The van der Waals surface area contributed by atoms with Crippen molar-refractivity contribution in [1.82, 2.24) is 14.8 Å². The summed E-state index contributed by atoms with van der Waals surface area (Å²) in [4.78, 5) is 33.9. The fourth-order valence-corrected chi connectivity index (χ4v) is 3.90. The van der Waals surface area contributed by atoms with Gasteiger partial charge in [-0.1, -0.05) is 19.9 Å². The molecular weight excluding hydrogens is 406 g/mol. The molecule has 7 nitrogen and oxygen atoms in total. The van der Waals surface area contributed by atoms with Crippen LogP contribution in [0.5, 0.6) is 5.75 Å². The van der Waals surface area contributed by atoms with Gasteiger partial charge in [0.2, 0.25) is 0 Å². The normalized spacial score (nSPS) is 18.1. The number of carbonyl (C=O) groups is 2. The van der Waals surface area contributed by atoms with Gasteiger partial charge in [-0.2, -0.15) is 0 Å². The van der Waals surface area contributed by atoms with Gasteiger partial charge in [0.25, 0.3) is 11.7 Å². The van der Waals surface area contributed by atoms with E-state index >= 15 is 0 Å². The van der Waals surface area contributed by atoms with E-state index in [-0.39, 0.29) is 17.4 Å². The number of likely N-dealkylation sites (N-methyl/N-ethyl adjacent to an activating group) is 1. The largest absolute Gasteiger partial charge is 0.507 e. The topological polar surface area (TPSA) is 83.0 Å². The van der Waals surface area contributed by atoms with E-state index in [4.69, 9.17) is 4.74 Å². The van der Waals surface area contributed by atoms with Gasteiger partial charge in [0.05, 0.1) is 17.7 Å². The Morgan fingerprint density at radius 3 is 2.41 bits per heavy atom. The third-order valence-corrected chi connectivity index (χ3v) is 5.59. The van der Waals surface area contributed by atoms with Crippen molar-refractivity contribution >= 4 is 17.4 Å². The Morgan fingerprint density at radius 2 is 1.84 bits per heavy atom. The predicted molar refractivity (Wildman–Crippen MR) is 123 cm³/mol. The summed E-state index contributed by atoms with van der Waals surface area (Å²) in [6.45, 7) is 10.7. The van der Waals surface area contributed by atoms with Crippen LogP contribution in [0.15, 0.2) is 54.4 Å². The number of rotatable bonds is 9. The lowest BCUT2D eigenvalue weighted by molar-refractivity contribution is -0.140. The van der Waals surface area contributed by atoms with E-state index in [2.05, 4.69) is 23.7 Å². The number of hydrogen-bond donors (Lipinski definition) is 1. The Labute approximate surface area is 189 Å². The van der Waals surface area contributed by atoms with Gasteiger partial charge in [-0.3, -0.25) is 14.6 Å². The highest BCUT2D eigenvalue weighted by Crippen LogP contribution is 2.39. The summed E-state index contributed by atoms with van der Waals surface area (Å²) >= 11 is 0. The van der Waals surface area contributed by atoms with Crippen LogP contribution in [0.3, 0.4) is 0 Å². The molecule has 1 saturated heterocycles. The van der Waals surface area contributed by atoms with Gasteiger partial charge in [0.1, 0.15) is 11.5 Å². The van der Waals surface area contributed by atoms with Crippen molar-refractivity contribution in [3.63, 3.8) is 0 Å². The van der Waals surface area contributed by atoms with E-state index in [9.17, 15) is 14.7 Å². The third-order valence-electron chi connectivity index (χ3n) is 5.59. The first-order valence-corrected chi connectivity index (χ1v) is 11.0. The third kappa shape index (κ3) is 4.99. The number of Topliss-reactive ketones (excluding diaryl/α,β-unsaturated/α-hetero) is 1. The van der Waals surface area contributed by atoms with Crippen molar-refractivity contribution in [3.8, 4) is 5.75 Å². The highest BCUT2D eigenvalue weighted by Gasteiger charge is 2.46. The summed E-state index contributed by atoms with van der Waals surface area (Å²) in [6.07, 6.45) is 3.29. The van der Waals surface area contributed by atoms with Crippen LogP contribution in [0.25, 0.3) is 5.76 Å². The number of ether oxygens (including phenoxy) is 1. The zero-order valence-electron chi connectivity index (χ0n) is 19.1. The van der Waals surface area contributed by atoms with E-state index in [1.165, 1.54) is 0 Å². The highest BCUT2D eigenvalue weighted by molar-refractivity contribution is 6.46. The number of pyridine rings is 1. The van der Waals surface area contributed by atoms with Crippen molar-refractivity contribution in [2.75, 3.05) is 26.2 Å². The summed E-state index contributed by atoms with van der Waals surface area (Å²) in [5.74, 6) is -0.815. The Kier molecular flexibility index (Phi) is 7.64. The minimum Gasteiger partial charge on any atom is -0.507 e. The van der Waals surface area contributed by atoms with E-state index in [1.54, 1.807) is 47.6 Å². The van der Waals surface area contributed by atoms with Crippen molar-refractivity contribution in [1.29, 1.82) is 0 Å². The molecule has 1 atom stereocenters. The Hall–Kier alpha value is -3.19. The van der Waals surface area contributed by atoms with E-state index in [0.717, 1.165) is 13.1 Å². The lowest BCUT2D eigenvalue weighted by atomic mass is 9.96. The number of ketones is 1. The molecule has 1 unspecified atom stereocenters. The van der Waals surface area contributed by atoms with Gasteiger partial charge >= 0.3 is 0 Å². The maximum atomic E-state index is 13.0. The van der Waals surface area contributed by atoms with Crippen LogP contribution in [-0.2, 0) is 9.59 Å². The average molecular weight is 438 g/mol. The van der Waals surface area contributed by atoms with E-state index < -0.39 is 17.7 Å². The summed E-state index contributed by atoms with van der Waals surface area (Å²) < 4.78 is 5.66. The van der Waals surface area contributed by atoms with Crippen LogP contribution in [-0.4, -0.2) is 63.9 Å². The molecule has 0 bridgehead atoms. The number of amides is 1. The molecule has 0 spiro atoms. The van der Waals surface area contributed by atoms with Crippen LogP contribution in [0.2, 0.25) is 0 Å². The molecule has 2 heterocycles. The lowest BCUT2D eigenvalue weighted by Gasteiger charge is -2.28. The molecule has 1 aliphatic rings. The standard InChI is InChI=1S/C25H31N3O4/c1-5-27(6-2)14-15-28-22(19-8-7-13-26-16-19)21(24(30)25(28)31)23(29)18-9-11-20(12-10-18)32-17(3)4/h7-13,16-17,22,29H,5-6,14-15H2,1-4H3/b23-21-. The molecule has 1 aliphatic heterocycles. The van der Waals surface area contributed by atoms with Crippen LogP contribution >= 0.6 is 0 Å². The van der Waals surface area contributed by atoms with Crippen molar-refractivity contribution in [2.45, 2.75) is 39.8 Å². The smallest absolute Gasteiger partial charge is 0.295 e. The molecule has 2 aromatic rings. The van der Waals surface area contributed by atoms with E-state index in [1.807, 2.05) is 19.9 Å². The molecule has 1 N–H and O–H groups in total. The molecule has 0 aliphatic carbocycles. The summed E-state index contributed by atoms with van der Waals surface area (Å²) in [7, 11) is 0. The van der Waals surface area contributed by atoms with Gasteiger partial charge in [-0.05, 0) is 62.8 Å². The first kappa shape index (κ1) is 23.5. The highest BCUT2D eigenvalue weighted by atomic mass is 16.5. The average Bonchev–Trinajstić information content (AvgIpc) is 3.05. The lowest BCUT2D eigenvalue weighted by Crippen LogP contribution is -2.38. The number of aromatic nitrogens is 1. The SMILES string of the molecule is CCN(CC)CCN1C(=O)C(=O)/C(=C(\O)c2ccc(OC(C)C)cc2)C1c1cccnc1. The monoisotopic (exact) mass is 437 g/mol. The maximum Gasteiger partial charge on any atom is 0.295 e. The summed E-state index contributed by atoms with van der Waals surface area (Å²) in [5.41, 5.74) is 1.23. The quantitative estimate of drug-likeness (QED) is 0.366. The Balaban J connectivity index is 2.02. The first-order chi connectivity index (χ1) is 15.4. The van der Waals surface area contributed by atoms with Crippen molar-refractivity contribution in [3.05, 3.63) is 65.5 Å². The molecule has 1 aromatic heterocycles. The number of benzene rings is 1. The van der Waals surface area contributed by atoms with Crippen LogP contribution in [0.1, 0.15) is 44.9 Å². The van der Waals surface area contributed by atoms with Crippen LogP contribution in [0, 0.1) is 0 Å². The van der Waals surface area contributed by atoms with Gasteiger partial charge in [-0.15, -0.1) is 0 Å².